The van der Waals surface area contributed by atoms with Crippen LogP contribution in [0.1, 0.15) is 47.9 Å². The van der Waals surface area contributed by atoms with Gasteiger partial charge in [-0.3, -0.25) is 9.69 Å². The van der Waals surface area contributed by atoms with Crippen LogP contribution in [0.25, 0.3) is 0 Å². The molecule has 0 aromatic carbocycles. The molecule has 1 saturated heterocycles. The van der Waals surface area contributed by atoms with E-state index in [-0.39, 0.29) is 17.8 Å². The van der Waals surface area contributed by atoms with Crippen LogP contribution in [0.2, 0.25) is 0 Å². The van der Waals surface area contributed by atoms with E-state index in [1.54, 1.807) is 7.11 Å². The summed E-state index contributed by atoms with van der Waals surface area (Å²) < 4.78 is 7.31. The van der Waals surface area contributed by atoms with Gasteiger partial charge in [-0.25, -0.2) is 0 Å². The monoisotopic (exact) mass is 336 g/mol. The fraction of sp³-hybridized carbons (Fsp3) is 0.737. The van der Waals surface area contributed by atoms with Crippen molar-refractivity contribution in [1.29, 1.82) is 0 Å². The fourth-order valence-electron chi connectivity index (χ4n) is 3.71. The number of aryl methyl sites for hydroxylation is 1. The number of ketones is 1. The van der Waals surface area contributed by atoms with Crippen LogP contribution >= 0.6 is 0 Å². The molecule has 1 aliphatic heterocycles. The van der Waals surface area contributed by atoms with Gasteiger partial charge in [-0.2, -0.15) is 0 Å². The number of aliphatic hydroxyl groups is 1. The van der Waals surface area contributed by atoms with Crippen LogP contribution < -0.4 is 0 Å². The Bertz CT molecular complexity index is 551. The van der Waals surface area contributed by atoms with E-state index >= 15 is 0 Å². The molecule has 5 nitrogen and oxygen atoms in total. The molecule has 0 bridgehead atoms. The first-order chi connectivity index (χ1) is 11.5. The molecular formula is C19H32N2O3. The minimum absolute atomic E-state index is 0.0650. The molecule has 1 aromatic heterocycles. The predicted octanol–water partition coefficient (Wildman–Crippen LogP) is 2.42. The normalized spacial score (nSPS) is 18.0. The highest BCUT2D eigenvalue weighted by Gasteiger charge is 2.33. The number of Topliss-reactive ketones (excluding diaryl/α,β-unsaturated/α-hetero) is 1. The highest BCUT2D eigenvalue weighted by Crippen LogP contribution is 2.34. The highest BCUT2D eigenvalue weighted by atomic mass is 16.5. The molecule has 1 fully saturated rings. The van der Waals surface area contributed by atoms with Crippen molar-refractivity contribution in [1.82, 2.24) is 9.47 Å². The molecule has 1 aliphatic rings. The molecule has 2 heterocycles. The Morgan fingerprint density at radius 2 is 2.00 bits per heavy atom. The summed E-state index contributed by atoms with van der Waals surface area (Å²) in [4.78, 5) is 15.0. The van der Waals surface area contributed by atoms with Gasteiger partial charge in [0.1, 0.15) is 0 Å². The van der Waals surface area contributed by atoms with Gasteiger partial charge in [0.2, 0.25) is 0 Å². The third-order valence-corrected chi connectivity index (χ3v) is 5.76. The van der Waals surface area contributed by atoms with E-state index in [2.05, 4.69) is 16.4 Å². The van der Waals surface area contributed by atoms with E-state index in [1.807, 2.05) is 19.9 Å². The number of aliphatic hydroxyl groups excluding tert-OH is 1. The van der Waals surface area contributed by atoms with Crippen molar-refractivity contribution in [3.8, 4) is 0 Å². The first kappa shape index (κ1) is 19.2. The summed E-state index contributed by atoms with van der Waals surface area (Å²) in [5.41, 5.74) is 3.04. The zero-order chi connectivity index (χ0) is 17.7. The number of methoxy groups -OCH3 is 1. The number of nitrogens with zero attached hydrogens (tertiary/aromatic N) is 2. The lowest BCUT2D eigenvalue weighted by atomic mass is 9.77. The molecule has 2 rings (SSSR count). The molecule has 0 saturated carbocycles. The Morgan fingerprint density at radius 3 is 2.54 bits per heavy atom. The lowest BCUT2D eigenvalue weighted by Crippen LogP contribution is -2.43. The molecule has 0 atom stereocenters. The van der Waals surface area contributed by atoms with Gasteiger partial charge in [-0.15, -0.1) is 0 Å². The zero-order valence-corrected chi connectivity index (χ0v) is 15.6. The molecule has 5 heteroatoms. The molecule has 136 valence electrons. The van der Waals surface area contributed by atoms with Crippen molar-refractivity contribution in [2.45, 2.75) is 46.6 Å². The van der Waals surface area contributed by atoms with Gasteiger partial charge in [-0.05, 0) is 57.7 Å². The number of carbonyl (C=O) groups is 1. The predicted molar refractivity (Wildman–Crippen MR) is 95.6 cm³/mol. The van der Waals surface area contributed by atoms with E-state index < -0.39 is 0 Å². The fourth-order valence-corrected chi connectivity index (χ4v) is 3.71. The second-order valence-corrected chi connectivity index (χ2v) is 7.14. The first-order valence-electron chi connectivity index (χ1n) is 8.98. The van der Waals surface area contributed by atoms with Gasteiger partial charge < -0.3 is 14.4 Å². The standard InChI is InChI=1S/C19H32N2O3/c1-5-19(14-22)6-8-20(9-7-19)13-18(23)17-12-15(2)21(16(17)3)10-11-24-4/h12,22H,5-11,13-14H2,1-4H3. The Kier molecular flexibility index (Phi) is 6.61. The van der Waals surface area contributed by atoms with Crippen molar-refractivity contribution in [3.63, 3.8) is 0 Å². The third kappa shape index (κ3) is 4.08. The number of likely N-dealkylation sites (tertiary alicyclic amines) is 1. The summed E-state index contributed by atoms with van der Waals surface area (Å²) in [6, 6.07) is 2.00. The van der Waals surface area contributed by atoms with Crippen molar-refractivity contribution in [2.24, 2.45) is 5.41 Å². The quantitative estimate of drug-likeness (QED) is 0.741. The summed E-state index contributed by atoms with van der Waals surface area (Å²) >= 11 is 0. The molecule has 0 amide bonds. The SMILES string of the molecule is CCC1(CO)CCN(CC(=O)c2cc(C)n(CCOC)c2C)CC1. The number of carbonyl (C=O) groups excluding carboxylic acids is 1. The zero-order valence-electron chi connectivity index (χ0n) is 15.6. The minimum Gasteiger partial charge on any atom is -0.396 e. The highest BCUT2D eigenvalue weighted by molar-refractivity contribution is 5.99. The van der Waals surface area contributed by atoms with E-state index in [1.165, 1.54) is 0 Å². The van der Waals surface area contributed by atoms with Gasteiger partial charge in [0.25, 0.3) is 0 Å². The molecule has 1 aromatic rings. The average molecular weight is 336 g/mol. The summed E-state index contributed by atoms with van der Waals surface area (Å²) in [6.45, 7) is 10.1. The molecule has 24 heavy (non-hydrogen) atoms. The van der Waals surface area contributed by atoms with Crippen LogP contribution in [0.4, 0.5) is 0 Å². The molecule has 0 radical (unpaired) electrons. The Morgan fingerprint density at radius 1 is 1.33 bits per heavy atom. The summed E-state index contributed by atoms with van der Waals surface area (Å²) in [5, 5.41) is 9.63. The van der Waals surface area contributed by atoms with Crippen LogP contribution in [0.5, 0.6) is 0 Å². The van der Waals surface area contributed by atoms with Gasteiger partial charge in [-0.1, -0.05) is 6.92 Å². The largest absolute Gasteiger partial charge is 0.396 e. The summed E-state index contributed by atoms with van der Waals surface area (Å²) in [7, 11) is 1.69. The third-order valence-electron chi connectivity index (χ3n) is 5.76. The van der Waals surface area contributed by atoms with Gasteiger partial charge in [0, 0.05) is 37.2 Å². The van der Waals surface area contributed by atoms with Crippen LogP contribution in [0, 0.1) is 19.3 Å². The first-order valence-corrected chi connectivity index (χ1v) is 8.98. The second-order valence-electron chi connectivity index (χ2n) is 7.14. The molecular weight excluding hydrogens is 304 g/mol. The molecule has 0 aliphatic carbocycles. The molecule has 0 unspecified atom stereocenters. The average Bonchev–Trinajstić information content (AvgIpc) is 2.88. The lowest BCUT2D eigenvalue weighted by Gasteiger charge is -2.40. The van der Waals surface area contributed by atoms with E-state index in [0.717, 1.165) is 55.8 Å². The number of ether oxygens (including phenoxy) is 1. The van der Waals surface area contributed by atoms with E-state index in [0.29, 0.717) is 13.2 Å². The van der Waals surface area contributed by atoms with Gasteiger partial charge >= 0.3 is 0 Å². The number of hydrogen-bond donors (Lipinski definition) is 1. The topological polar surface area (TPSA) is 54.7 Å². The maximum Gasteiger partial charge on any atom is 0.178 e. The van der Waals surface area contributed by atoms with Crippen molar-refractivity contribution in [3.05, 3.63) is 23.0 Å². The molecule has 1 N–H and O–H groups in total. The van der Waals surface area contributed by atoms with Crippen molar-refractivity contribution >= 4 is 5.78 Å². The summed E-state index contributed by atoms with van der Waals surface area (Å²) in [6.07, 6.45) is 2.95. The van der Waals surface area contributed by atoms with Crippen LogP contribution in [-0.4, -0.2) is 60.3 Å². The maximum atomic E-state index is 12.7. The van der Waals surface area contributed by atoms with Crippen molar-refractivity contribution < 1.29 is 14.6 Å². The van der Waals surface area contributed by atoms with E-state index in [9.17, 15) is 9.90 Å². The van der Waals surface area contributed by atoms with Crippen LogP contribution in [0.3, 0.4) is 0 Å². The maximum absolute atomic E-state index is 12.7. The van der Waals surface area contributed by atoms with E-state index in [4.69, 9.17) is 4.74 Å². The molecule has 0 spiro atoms. The Hall–Kier alpha value is -1.17. The van der Waals surface area contributed by atoms with Crippen molar-refractivity contribution in [2.75, 3.05) is 40.0 Å². The Balaban J connectivity index is 1.99. The number of rotatable bonds is 8. The Labute approximate surface area is 145 Å². The number of piperidine rings is 1. The van der Waals surface area contributed by atoms with Gasteiger partial charge in [0.05, 0.1) is 13.2 Å². The number of hydrogen-bond acceptors (Lipinski definition) is 4. The smallest absolute Gasteiger partial charge is 0.178 e. The van der Waals surface area contributed by atoms with Crippen LogP contribution in [0.15, 0.2) is 6.07 Å². The second kappa shape index (κ2) is 8.28. The van der Waals surface area contributed by atoms with Gasteiger partial charge in [0.15, 0.2) is 5.78 Å². The minimum atomic E-state index is 0.0650. The summed E-state index contributed by atoms with van der Waals surface area (Å²) in [5.74, 6) is 0.194. The number of aromatic nitrogens is 1. The lowest BCUT2D eigenvalue weighted by molar-refractivity contribution is 0.0400. The van der Waals surface area contributed by atoms with Crippen LogP contribution in [-0.2, 0) is 11.3 Å².